The van der Waals surface area contributed by atoms with Crippen LogP contribution in [0.1, 0.15) is 30.1 Å². The number of carbonyl (C=O) groups is 1. The van der Waals surface area contributed by atoms with E-state index in [1.54, 1.807) is 25.3 Å². The molecule has 0 saturated carbocycles. The third kappa shape index (κ3) is 3.74. The number of aromatic nitrogens is 3. The zero-order chi connectivity index (χ0) is 16.1. The van der Waals surface area contributed by atoms with Crippen LogP contribution in [0.25, 0.3) is 0 Å². The summed E-state index contributed by atoms with van der Waals surface area (Å²) in [7, 11) is 0. The number of hydrogen-bond acceptors (Lipinski definition) is 7. The number of nitrogens with one attached hydrogen (secondary N) is 1. The highest BCUT2D eigenvalue weighted by molar-refractivity contribution is 5.89. The Kier molecular flexibility index (Phi) is 4.65. The Labute approximate surface area is 134 Å². The SMILES string of the molecule is CCOC(=O)c1ccc(Nc2cnnc(N3CCCC3)n2)cc1. The molecule has 23 heavy (non-hydrogen) atoms. The van der Waals surface area contributed by atoms with Gasteiger partial charge < -0.3 is 15.0 Å². The van der Waals surface area contributed by atoms with Crippen molar-refractivity contribution in [3.05, 3.63) is 36.0 Å². The zero-order valence-electron chi connectivity index (χ0n) is 13.0. The van der Waals surface area contributed by atoms with E-state index >= 15 is 0 Å². The van der Waals surface area contributed by atoms with Crippen molar-refractivity contribution in [2.75, 3.05) is 29.9 Å². The molecule has 2 heterocycles. The number of rotatable bonds is 5. The normalized spacial score (nSPS) is 13.9. The molecular formula is C16H19N5O2. The number of hydrogen-bond donors (Lipinski definition) is 1. The lowest BCUT2D eigenvalue weighted by molar-refractivity contribution is 0.0526. The molecular weight excluding hydrogens is 294 g/mol. The molecule has 1 N–H and O–H groups in total. The predicted octanol–water partition coefficient (Wildman–Crippen LogP) is 2.39. The van der Waals surface area contributed by atoms with E-state index in [9.17, 15) is 4.79 Å². The second-order valence-electron chi connectivity index (χ2n) is 5.26. The van der Waals surface area contributed by atoms with Gasteiger partial charge in [0, 0.05) is 18.8 Å². The second-order valence-corrected chi connectivity index (χ2v) is 5.26. The third-order valence-corrected chi connectivity index (χ3v) is 3.60. The third-order valence-electron chi connectivity index (χ3n) is 3.60. The Bertz CT molecular complexity index is 668. The van der Waals surface area contributed by atoms with Gasteiger partial charge in [0.15, 0.2) is 5.82 Å². The van der Waals surface area contributed by atoms with Gasteiger partial charge in [-0.3, -0.25) is 0 Å². The summed E-state index contributed by atoms with van der Waals surface area (Å²) in [6.07, 6.45) is 3.91. The first-order chi connectivity index (χ1) is 11.3. The summed E-state index contributed by atoms with van der Waals surface area (Å²) in [5.41, 5.74) is 1.35. The molecule has 0 bridgehead atoms. The summed E-state index contributed by atoms with van der Waals surface area (Å²) >= 11 is 0. The quantitative estimate of drug-likeness (QED) is 0.849. The van der Waals surface area contributed by atoms with Crippen LogP contribution in [0.3, 0.4) is 0 Å². The van der Waals surface area contributed by atoms with Crippen molar-refractivity contribution in [2.45, 2.75) is 19.8 Å². The van der Waals surface area contributed by atoms with E-state index in [0.29, 0.717) is 23.9 Å². The fourth-order valence-corrected chi connectivity index (χ4v) is 2.46. The van der Waals surface area contributed by atoms with Crippen LogP contribution >= 0.6 is 0 Å². The molecule has 0 amide bonds. The van der Waals surface area contributed by atoms with Crippen LogP contribution in [0.2, 0.25) is 0 Å². The highest BCUT2D eigenvalue weighted by atomic mass is 16.5. The molecule has 0 unspecified atom stereocenters. The van der Waals surface area contributed by atoms with Crippen molar-refractivity contribution in [3.8, 4) is 0 Å². The number of benzene rings is 1. The first-order valence-corrected chi connectivity index (χ1v) is 7.75. The lowest BCUT2D eigenvalue weighted by atomic mass is 10.2. The highest BCUT2D eigenvalue weighted by Gasteiger charge is 2.15. The van der Waals surface area contributed by atoms with Gasteiger partial charge in [-0.2, -0.15) is 10.1 Å². The Morgan fingerprint density at radius 1 is 1.26 bits per heavy atom. The van der Waals surface area contributed by atoms with Gasteiger partial charge in [-0.1, -0.05) is 0 Å². The van der Waals surface area contributed by atoms with Crippen molar-refractivity contribution in [1.82, 2.24) is 15.2 Å². The van der Waals surface area contributed by atoms with Crippen LogP contribution in [-0.4, -0.2) is 40.8 Å². The van der Waals surface area contributed by atoms with Gasteiger partial charge in [-0.25, -0.2) is 4.79 Å². The van der Waals surface area contributed by atoms with E-state index < -0.39 is 0 Å². The topological polar surface area (TPSA) is 80.2 Å². The van der Waals surface area contributed by atoms with E-state index in [0.717, 1.165) is 31.6 Å². The lowest BCUT2D eigenvalue weighted by Gasteiger charge is -2.15. The van der Waals surface area contributed by atoms with Gasteiger partial charge in [-0.15, -0.1) is 5.10 Å². The molecule has 1 aliphatic heterocycles. The van der Waals surface area contributed by atoms with Crippen LogP contribution in [0.4, 0.5) is 17.5 Å². The van der Waals surface area contributed by atoms with Crippen LogP contribution in [0, 0.1) is 0 Å². The summed E-state index contributed by atoms with van der Waals surface area (Å²) < 4.78 is 4.96. The number of esters is 1. The summed E-state index contributed by atoms with van der Waals surface area (Å²) in [5.74, 6) is 0.959. The standard InChI is InChI=1S/C16H19N5O2/c1-2-23-15(22)12-5-7-13(8-6-12)18-14-11-17-20-16(19-14)21-9-3-4-10-21/h5-8,11H,2-4,9-10H2,1H3,(H,18,19,20). The molecule has 1 fully saturated rings. The molecule has 1 aliphatic rings. The summed E-state index contributed by atoms with van der Waals surface area (Å²) in [6.45, 7) is 4.09. The maximum absolute atomic E-state index is 11.6. The van der Waals surface area contributed by atoms with E-state index in [-0.39, 0.29) is 5.97 Å². The Balaban J connectivity index is 1.69. The van der Waals surface area contributed by atoms with Crippen molar-refractivity contribution >= 4 is 23.4 Å². The second kappa shape index (κ2) is 7.04. The summed E-state index contributed by atoms with van der Waals surface area (Å²) in [5, 5.41) is 11.3. The largest absolute Gasteiger partial charge is 0.462 e. The van der Waals surface area contributed by atoms with Gasteiger partial charge in [0.2, 0.25) is 5.95 Å². The molecule has 120 valence electrons. The molecule has 2 aromatic rings. The summed E-state index contributed by atoms with van der Waals surface area (Å²) in [6, 6.07) is 7.06. The molecule has 3 rings (SSSR count). The van der Waals surface area contributed by atoms with Gasteiger partial charge in [0.25, 0.3) is 0 Å². The number of nitrogens with zero attached hydrogens (tertiary/aromatic N) is 4. The minimum atomic E-state index is -0.320. The molecule has 0 atom stereocenters. The van der Waals surface area contributed by atoms with Gasteiger partial charge in [0.1, 0.15) is 0 Å². The number of anilines is 3. The van der Waals surface area contributed by atoms with Gasteiger partial charge in [0.05, 0.1) is 18.4 Å². The molecule has 0 aliphatic carbocycles. The number of ether oxygens (including phenoxy) is 1. The smallest absolute Gasteiger partial charge is 0.338 e. The van der Waals surface area contributed by atoms with Crippen LogP contribution in [0.15, 0.2) is 30.5 Å². The average Bonchev–Trinajstić information content (AvgIpc) is 3.11. The molecule has 7 nitrogen and oxygen atoms in total. The van der Waals surface area contributed by atoms with E-state index in [4.69, 9.17) is 4.74 Å². The Hall–Kier alpha value is -2.70. The number of carbonyl (C=O) groups excluding carboxylic acids is 1. The molecule has 0 radical (unpaired) electrons. The average molecular weight is 313 g/mol. The Morgan fingerprint density at radius 2 is 2.00 bits per heavy atom. The maximum atomic E-state index is 11.6. The lowest BCUT2D eigenvalue weighted by Crippen LogP contribution is -2.21. The fraction of sp³-hybridized carbons (Fsp3) is 0.375. The fourth-order valence-electron chi connectivity index (χ4n) is 2.46. The first kappa shape index (κ1) is 15.2. The van der Waals surface area contributed by atoms with Crippen molar-refractivity contribution in [2.24, 2.45) is 0 Å². The van der Waals surface area contributed by atoms with Crippen molar-refractivity contribution in [1.29, 1.82) is 0 Å². The van der Waals surface area contributed by atoms with Crippen LogP contribution in [0.5, 0.6) is 0 Å². The molecule has 0 spiro atoms. The van der Waals surface area contributed by atoms with E-state index in [1.165, 1.54) is 0 Å². The minimum Gasteiger partial charge on any atom is -0.462 e. The van der Waals surface area contributed by atoms with Crippen LogP contribution in [-0.2, 0) is 4.74 Å². The highest BCUT2D eigenvalue weighted by Crippen LogP contribution is 2.19. The van der Waals surface area contributed by atoms with Gasteiger partial charge in [-0.05, 0) is 44.0 Å². The van der Waals surface area contributed by atoms with Crippen LogP contribution < -0.4 is 10.2 Å². The van der Waals surface area contributed by atoms with E-state index in [1.807, 2.05) is 12.1 Å². The van der Waals surface area contributed by atoms with Gasteiger partial charge >= 0.3 is 5.97 Å². The predicted molar refractivity (Wildman–Crippen MR) is 87.0 cm³/mol. The van der Waals surface area contributed by atoms with Crippen molar-refractivity contribution < 1.29 is 9.53 Å². The summed E-state index contributed by atoms with van der Waals surface area (Å²) in [4.78, 5) is 18.2. The molecule has 1 saturated heterocycles. The molecule has 1 aromatic carbocycles. The first-order valence-electron chi connectivity index (χ1n) is 7.75. The minimum absolute atomic E-state index is 0.320. The van der Waals surface area contributed by atoms with Crippen molar-refractivity contribution in [3.63, 3.8) is 0 Å². The Morgan fingerprint density at radius 3 is 2.70 bits per heavy atom. The maximum Gasteiger partial charge on any atom is 0.338 e. The monoisotopic (exact) mass is 313 g/mol. The zero-order valence-corrected chi connectivity index (χ0v) is 13.0. The molecule has 7 heteroatoms. The molecule has 1 aromatic heterocycles. The van der Waals surface area contributed by atoms with E-state index in [2.05, 4.69) is 25.4 Å².